The van der Waals surface area contributed by atoms with Crippen LogP contribution in [0.3, 0.4) is 0 Å². The summed E-state index contributed by atoms with van der Waals surface area (Å²) in [6, 6.07) is 13.5. The second-order valence-electron chi connectivity index (χ2n) is 5.36. The van der Waals surface area contributed by atoms with Crippen molar-refractivity contribution in [2.45, 2.75) is 13.8 Å². The molecule has 3 rings (SSSR count). The molecule has 2 heterocycles. The summed E-state index contributed by atoms with van der Waals surface area (Å²) in [5, 5.41) is 0. The van der Waals surface area contributed by atoms with E-state index in [0.717, 1.165) is 28.5 Å². The number of hydrogen-bond acceptors (Lipinski definition) is 3. The molecule has 0 aliphatic heterocycles. The highest BCUT2D eigenvalue weighted by Gasteiger charge is 2.14. The maximum Gasteiger partial charge on any atom is 0.339 e. The van der Waals surface area contributed by atoms with Gasteiger partial charge in [0, 0.05) is 17.3 Å². The van der Waals surface area contributed by atoms with Gasteiger partial charge in [0.05, 0.1) is 17.9 Å². The topological polar surface area (TPSA) is 47.8 Å². The van der Waals surface area contributed by atoms with E-state index in [-0.39, 0.29) is 0 Å². The van der Waals surface area contributed by atoms with Crippen molar-refractivity contribution in [3.63, 3.8) is 0 Å². The monoisotopic (exact) mass is 307 g/mol. The second kappa shape index (κ2) is 6.08. The van der Waals surface area contributed by atoms with Crippen molar-refractivity contribution in [3.8, 4) is 11.1 Å². The molecular weight excluding hydrogens is 290 g/mol. The second-order valence-corrected chi connectivity index (χ2v) is 5.36. The Bertz CT molecular complexity index is 876. The predicted molar refractivity (Wildman–Crippen MR) is 88.9 cm³/mol. The minimum Gasteiger partial charge on any atom is -0.462 e. The van der Waals surface area contributed by atoms with E-state index in [4.69, 9.17) is 4.74 Å². The van der Waals surface area contributed by atoms with Crippen molar-refractivity contribution in [1.29, 1.82) is 0 Å². The molecule has 2 aromatic heterocycles. The van der Waals surface area contributed by atoms with Crippen LogP contribution in [0.5, 0.6) is 0 Å². The van der Waals surface area contributed by atoms with Crippen LogP contribution in [0.2, 0.25) is 0 Å². The molecule has 0 unspecified atom stereocenters. The Labute approximate surface area is 134 Å². The molecule has 4 nitrogen and oxygen atoms in total. The van der Waals surface area contributed by atoms with Gasteiger partial charge in [0.2, 0.25) is 0 Å². The van der Waals surface area contributed by atoms with Gasteiger partial charge in [-0.3, -0.25) is 4.79 Å². The van der Waals surface area contributed by atoms with E-state index in [1.54, 1.807) is 23.6 Å². The van der Waals surface area contributed by atoms with Crippen LogP contribution in [0.4, 0.5) is 0 Å². The number of esters is 1. The van der Waals surface area contributed by atoms with Crippen LogP contribution < -0.4 is 0 Å². The van der Waals surface area contributed by atoms with Gasteiger partial charge >= 0.3 is 5.97 Å². The lowest BCUT2D eigenvalue weighted by Gasteiger charge is -2.04. The van der Waals surface area contributed by atoms with Gasteiger partial charge in [-0.15, -0.1) is 0 Å². The third-order valence-electron chi connectivity index (χ3n) is 3.79. The summed E-state index contributed by atoms with van der Waals surface area (Å²) >= 11 is 0. The van der Waals surface area contributed by atoms with Gasteiger partial charge in [0.15, 0.2) is 6.29 Å². The summed E-state index contributed by atoms with van der Waals surface area (Å²) in [4.78, 5) is 23.5. The largest absolute Gasteiger partial charge is 0.462 e. The molecule has 0 N–H and O–H groups in total. The van der Waals surface area contributed by atoms with Crippen molar-refractivity contribution in [2.24, 2.45) is 0 Å². The fourth-order valence-electron chi connectivity index (χ4n) is 2.61. The van der Waals surface area contributed by atoms with Crippen LogP contribution in [0.25, 0.3) is 16.6 Å². The number of rotatable bonds is 4. The van der Waals surface area contributed by atoms with E-state index in [1.807, 2.05) is 43.3 Å². The highest BCUT2D eigenvalue weighted by atomic mass is 16.5. The number of nitrogens with zero attached hydrogens (tertiary/aromatic N) is 1. The van der Waals surface area contributed by atoms with Gasteiger partial charge in [0.25, 0.3) is 0 Å². The number of aromatic nitrogens is 1. The zero-order valence-corrected chi connectivity index (χ0v) is 13.1. The molecule has 0 amide bonds. The van der Waals surface area contributed by atoms with Crippen molar-refractivity contribution in [2.75, 3.05) is 6.61 Å². The van der Waals surface area contributed by atoms with Crippen LogP contribution in [-0.4, -0.2) is 23.3 Å². The molecule has 0 aliphatic carbocycles. The fourth-order valence-corrected chi connectivity index (χ4v) is 2.61. The van der Waals surface area contributed by atoms with Crippen molar-refractivity contribution < 1.29 is 14.3 Å². The Morgan fingerprint density at radius 1 is 1.17 bits per heavy atom. The van der Waals surface area contributed by atoms with E-state index in [9.17, 15) is 9.59 Å². The highest BCUT2D eigenvalue weighted by Crippen LogP contribution is 2.27. The van der Waals surface area contributed by atoms with Crippen LogP contribution in [-0.2, 0) is 4.74 Å². The summed E-state index contributed by atoms with van der Waals surface area (Å²) in [6.07, 6.45) is 2.46. The fraction of sp³-hybridized carbons (Fsp3) is 0.158. The van der Waals surface area contributed by atoms with Gasteiger partial charge in [-0.25, -0.2) is 4.79 Å². The number of fused-ring (bicyclic) bond motifs is 1. The standard InChI is InChI=1S/C19H17NO3/c1-3-23-19(22)15-8-9-16-10-17(18(12-21)20(16)11-15)14-6-4-13(2)5-7-14/h4-12H,3H2,1-2H3. The SMILES string of the molecule is CCOC(=O)c1ccc2cc(-c3ccc(C)cc3)c(C=O)n2c1. The summed E-state index contributed by atoms with van der Waals surface area (Å²) in [6.45, 7) is 4.10. The van der Waals surface area contributed by atoms with Gasteiger partial charge in [-0.05, 0) is 37.6 Å². The molecule has 23 heavy (non-hydrogen) atoms. The highest BCUT2D eigenvalue weighted by molar-refractivity contribution is 5.93. The Hall–Kier alpha value is -2.88. The molecular formula is C19H17NO3. The van der Waals surface area contributed by atoms with E-state index < -0.39 is 5.97 Å². The summed E-state index contributed by atoms with van der Waals surface area (Å²) in [5.74, 6) is -0.392. The third kappa shape index (κ3) is 2.75. The maximum absolute atomic E-state index is 11.9. The van der Waals surface area contributed by atoms with Crippen molar-refractivity contribution in [1.82, 2.24) is 4.40 Å². The first kappa shape index (κ1) is 15.0. The van der Waals surface area contributed by atoms with Crippen LogP contribution in [0.15, 0.2) is 48.7 Å². The van der Waals surface area contributed by atoms with Gasteiger partial charge < -0.3 is 9.14 Å². The van der Waals surface area contributed by atoms with Crippen LogP contribution >= 0.6 is 0 Å². The number of hydrogen-bond donors (Lipinski definition) is 0. The van der Waals surface area contributed by atoms with Gasteiger partial charge in [-0.2, -0.15) is 0 Å². The number of carbonyl (C=O) groups excluding carboxylic acids is 2. The smallest absolute Gasteiger partial charge is 0.339 e. The molecule has 116 valence electrons. The minimum atomic E-state index is -0.392. The van der Waals surface area contributed by atoms with E-state index >= 15 is 0 Å². The quantitative estimate of drug-likeness (QED) is 0.542. The van der Waals surface area contributed by atoms with Crippen molar-refractivity contribution >= 4 is 17.8 Å². The first-order valence-corrected chi connectivity index (χ1v) is 7.48. The number of aldehydes is 1. The minimum absolute atomic E-state index is 0.317. The summed E-state index contributed by atoms with van der Waals surface area (Å²) in [7, 11) is 0. The van der Waals surface area contributed by atoms with E-state index in [0.29, 0.717) is 17.9 Å². The van der Waals surface area contributed by atoms with Crippen LogP contribution in [0.1, 0.15) is 33.3 Å². The molecule has 1 aromatic carbocycles. The Balaban J connectivity index is 2.15. The number of aryl methyl sites for hydroxylation is 1. The number of ether oxygens (including phenoxy) is 1. The zero-order chi connectivity index (χ0) is 16.4. The molecule has 0 atom stereocenters. The molecule has 4 heteroatoms. The first-order valence-electron chi connectivity index (χ1n) is 7.48. The molecule has 0 fully saturated rings. The summed E-state index contributed by atoms with van der Waals surface area (Å²) < 4.78 is 6.74. The predicted octanol–water partition coefficient (Wildman–Crippen LogP) is 3.90. The molecule has 0 radical (unpaired) electrons. The lowest BCUT2D eigenvalue weighted by atomic mass is 10.0. The zero-order valence-electron chi connectivity index (χ0n) is 13.1. The number of pyridine rings is 1. The van der Waals surface area contributed by atoms with E-state index in [1.165, 1.54) is 0 Å². The molecule has 0 saturated carbocycles. The summed E-state index contributed by atoms with van der Waals surface area (Å²) in [5.41, 5.74) is 4.79. The molecule has 0 spiro atoms. The Morgan fingerprint density at radius 2 is 1.91 bits per heavy atom. The lowest BCUT2D eigenvalue weighted by molar-refractivity contribution is 0.0525. The average Bonchev–Trinajstić information content (AvgIpc) is 2.93. The molecule has 0 saturated heterocycles. The molecule has 3 aromatic rings. The van der Waals surface area contributed by atoms with Gasteiger partial charge in [0.1, 0.15) is 0 Å². The maximum atomic E-state index is 11.9. The first-order chi connectivity index (χ1) is 11.1. The lowest BCUT2D eigenvalue weighted by Crippen LogP contribution is -2.06. The van der Waals surface area contributed by atoms with E-state index in [2.05, 4.69) is 0 Å². The van der Waals surface area contributed by atoms with Crippen LogP contribution in [0, 0.1) is 6.92 Å². The average molecular weight is 307 g/mol. The number of benzene rings is 1. The molecule has 0 bridgehead atoms. The number of carbonyl (C=O) groups is 2. The van der Waals surface area contributed by atoms with Gasteiger partial charge in [-0.1, -0.05) is 29.8 Å². The Morgan fingerprint density at radius 3 is 2.57 bits per heavy atom. The van der Waals surface area contributed by atoms with Crippen molar-refractivity contribution in [3.05, 3.63) is 65.5 Å². The normalized spacial score (nSPS) is 10.7. The molecule has 0 aliphatic rings. The third-order valence-corrected chi connectivity index (χ3v) is 3.79. The Kier molecular flexibility index (Phi) is 3.98.